The highest BCUT2D eigenvalue weighted by Gasteiger charge is 2.12. The summed E-state index contributed by atoms with van der Waals surface area (Å²) >= 11 is 0. The molecule has 1 aromatic rings. The van der Waals surface area contributed by atoms with Crippen molar-refractivity contribution in [2.75, 3.05) is 0 Å². The molecule has 82 valence electrons. The molecular formula is C12H14F2O. The van der Waals surface area contributed by atoms with Crippen LogP contribution in [-0.2, 0) is 0 Å². The molecule has 0 fully saturated rings. The topological polar surface area (TPSA) is 17.1 Å². The Labute approximate surface area is 88.1 Å². The lowest BCUT2D eigenvalue weighted by Gasteiger charge is -2.04. The van der Waals surface area contributed by atoms with Crippen molar-refractivity contribution in [3.63, 3.8) is 0 Å². The summed E-state index contributed by atoms with van der Waals surface area (Å²) in [5, 5.41) is 0. The van der Waals surface area contributed by atoms with Crippen molar-refractivity contribution in [3.05, 3.63) is 35.4 Å². The van der Waals surface area contributed by atoms with Gasteiger partial charge in [-0.2, -0.15) is 0 Å². The highest BCUT2D eigenvalue weighted by Crippen LogP contribution is 2.14. The largest absolute Gasteiger partial charge is 0.294 e. The van der Waals surface area contributed by atoms with Crippen LogP contribution in [0, 0.1) is 17.6 Å². The molecule has 0 spiro atoms. The maximum atomic E-state index is 13.2. The van der Waals surface area contributed by atoms with Gasteiger partial charge in [0.05, 0.1) is 5.56 Å². The number of Topliss-reactive ketones (excluding diaryl/α,β-unsaturated/α-hetero) is 1. The average molecular weight is 212 g/mol. The van der Waals surface area contributed by atoms with E-state index >= 15 is 0 Å². The molecule has 0 aliphatic carbocycles. The zero-order valence-electron chi connectivity index (χ0n) is 8.89. The van der Waals surface area contributed by atoms with Crippen LogP contribution in [0.4, 0.5) is 8.78 Å². The lowest BCUT2D eigenvalue weighted by atomic mass is 10.0. The van der Waals surface area contributed by atoms with Crippen LogP contribution in [0.1, 0.15) is 37.0 Å². The molecule has 0 N–H and O–H groups in total. The van der Waals surface area contributed by atoms with Crippen molar-refractivity contribution >= 4 is 5.78 Å². The number of hydrogen-bond acceptors (Lipinski definition) is 1. The fraction of sp³-hybridized carbons (Fsp3) is 0.417. The summed E-state index contributed by atoms with van der Waals surface area (Å²) in [7, 11) is 0. The number of halogens is 2. The van der Waals surface area contributed by atoms with Gasteiger partial charge in [0.15, 0.2) is 5.78 Å². The molecule has 1 aromatic carbocycles. The average Bonchev–Trinajstić information content (AvgIpc) is 2.14. The number of ketones is 1. The van der Waals surface area contributed by atoms with Gasteiger partial charge in [0.2, 0.25) is 0 Å². The Balaban J connectivity index is 2.74. The molecule has 0 bridgehead atoms. The molecule has 1 nitrogen and oxygen atoms in total. The molecule has 3 heteroatoms. The van der Waals surface area contributed by atoms with Crippen LogP contribution in [0.2, 0.25) is 0 Å². The van der Waals surface area contributed by atoms with Crippen LogP contribution >= 0.6 is 0 Å². The van der Waals surface area contributed by atoms with Gasteiger partial charge in [-0.15, -0.1) is 0 Å². The minimum Gasteiger partial charge on any atom is -0.294 e. The van der Waals surface area contributed by atoms with E-state index < -0.39 is 11.6 Å². The first-order valence-electron chi connectivity index (χ1n) is 4.99. The Hall–Kier alpha value is -1.25. The van der Waals surface area contributed by atoms with Gasteiger partial charge in [-0.05, 0) is 24.5 Å². The lowest BCUT2D eigenvalue weighted by molar-refractivity contribution is 0.0971. The van der Waals surface area contributed by atoms with E-state index in [1.807, 2.05) is 13.8 Å². The normalized spacial score (nSPS) is 10.7. The van der Waals surface area contributed by atoms with E-state index in [2.05, 4.69) is 0 Å². The van der Waals surface area contributed by atoms with E-state index in [1.165, 1.54) is 6.07 Å². The molecule has 0 heterocycles. The zero-order chi connectivity index (χ0) is 11.4. The summed E-state index contributed by atoms with van der Waals surface area (Å²) in [6.07, 6.45) is 1.02. The SMILES string of the molecule is CC(C)CCC(=O)c1ccc(F)cc1F. The third-order valence-corrected chi connectivity index (χ3v) is 2.18. The van der Waals surface area contributed by atoms with Gasteiger partial charge in [0.25, 0.3) is 0 Å². The molecule has 1 rings (SSSR count). The number of rotatable bonds is 4. The van der Waals surface area contributed by atoms with Gasteiger partial charge in [-0.1, -0.05) is 13.8 Å². The first-order chi connectivity index (χ1) is 7.00. The van der Waals surface area contributed by atoms with Crippen LogP contribution in [0.3, 0.4) is 0 Å². The predicted molar refractivity (Wildman–Crippen MR) is 54.8 cm³/mol. The summed E-state index contributed by atoms with van der Waals surface area (Å²) in [5.74, 6) is -1.30. The monoisotopic (exact) mass is 212 g/mol. The van der Waals surface area contributed by atoms with Crippen molar-refractivity contribution < 1.29 is 13.6 Å². The smallest absolute Gasteiger partial charge is 0.165 e. The minimum atomic E-state index is -0.774. The van der Waals surface area contributed by atoms with Gasteiger partial charge in [-0.25, -0.2) is 8.78 Å². The maximum absolute atomic E-state index is 13.2. The standard InChI is InChI=1S/C12H14F2O/c1-8(2)3-6-12(15)10-5-4-9(13)7-11(10)14/h4-5,7-8H,3,6H2,1-2H3. The fourth-order valence-corrected chi connectivity index (χ4v) is 1.27. The van der Waals surface area contributed by atoms with E-state index in [0.717, 1.165) is 18.6 Å². The minimum absolute atomic E-state index is 0.0166. The van der Waals surface area contributed by atoms with Crippen molar-refractivity contribution in [1.29, 1.82) is 0 Å². The van der Waals surface area contributed by atoms with Crippen LogP contribution < -0.4 is 0 Å². The lowest BCUT2D eigenvalue weighted by Crippen LogP contribution is -2.04. The highest BCUT2D eigenvalue weighted by atomic mass is 19.1. The summed E-state index contributed by atoms with van der Waals surface area (Å²) < 4.78 is 25.7. The van der Waals surface area contributed by atoms with Gasteiger partial charge in [-0.3, -0.25) is 4.79 Å². The van der Waals surface area contributed by atoms with Gasteiger partial charge < -0.3 is 0 Å². The Morgan fingerprint density at radius 3 is 2.53 bits per heavy atom. The first-order valence-corrected chi connectivity index (χ1v) is 4.99. The molecule has 0 radical (unpaired) electrons. The Bertz CT molecular complexity index is 359. The molecular weight excluding hydrogens is 198 g/mol. The van der Waals surface area contributed by atoms with E-state index in [4.69, 9.17) is 0 Å². The summed E-state index contributed by atoms with van der Waals surface area (Å²) in [6, 6.07) is 3.04. The van der Waals surface area contributed by atoms with Gasteiger partial charge >= 0.3 is 0 Å². The maximum Gasteiger partial charge on any atom is 0.165 e. The second-order valence-electron chi connectivity index (χ2n) is 3.98. The quantitative estimate of drug-likeness (QED) is 0.697. The second kappa shape index (κ2) is 5.01. The number of benzene rings is 1. The fourth-order valence-electron chi connectivity index (χ4n) is 1.27. The molecule has 0 aliphatic rings. The van der Waals surface area contributed by atoms with Crippen molar-refractivity contribution in [1.82, 2.24) is 0 Å². The molecule has 0 saturated heterocycles. The zero-order valence-corrected chi connectivity index (χ0v) is 8.89. The summed E-state index contributed by atoms with van der Waals surface area (Å²) in [5.41, 5.74) is -0.0166. The van der Waals surface area contributed by atoms with Gasteiger partial charge in [0, 0.05) is 12.5 Å². The van der Waals surface area contributed by atoms with Crippen LogP contribution in [0.15, 0.2) is 18.2 Å². The molecule has 0 atom stereocenters. The van der Waals surface area contributed by atoms with Crippen LogP contribution in [0.25, 0.3) is 0 Å². The summed E-state index contributed by atoms with van der Waals surface area (Å²) in [6.45, 7) is 3.99. The third-order valence-electron chi connectivity index (χ3n) is 2.18. The summed E-state index contributed by atoms with van der Waals surface area (Å²) in [4.78, 5) is 11.5. The van der Waals surface area contributed by atoms with Crippen LogP contribution in [-0.4, -0.2) is 5.78 Å². The molecule has 0 amide bonds. The highest BCUT2D eigenvalue weighted by molar-refractivity contribution is 5.96. The van der Waals surface area contributed by atoms with E-state index in [-0.39, 0.29) is 11.3 Å². The Morgan fingerprint density at radius 1 is 1.33 bits per heavy atom. The van der Waals surface area contributed by atoms with E-state index in [0.29, 0.717) is 12.3 Å². The second-order valence-corrected chi connectivity index (χ2v) is 3.98. The molecule has 15 heavy (non-hydrogen) atoms. The number of hydrogen-bond donors (Lipinski definition) is 0. The van der Waals surface area contributed by atoms with Crippen molar-refractivity contribution in [3.8, 4) is 0 Å². The van der Waals surface area contributed by atoms with Gasteiger partial charge in [0.1, 0.15) is 11.6 Å². The predicted octanol–water partition coefficient (Wildman–Crippen LogP) is 3.58. The molecule has 0 aliphatic heterocycles. The Morgan fingerprint density at radius 2 is 2.00 bits per heavy atom. The van der Waals surface area contributed by atoms with Crippen molar-refractivity contribution in [2.24, 2.45) is 5.92 Å². The first kappa shape index (κ1) is 11.8. The number of carbonyl (C=O) groups is 1. The van der Waals surface area contributed by atoms with Crippen LogP contribution in [0.5, 0.6) is 0 Å². The van der Waals surface area contributed by atoms with E-state index in [9.17, 15) is 13.6 Å². The van der Waals surface area contributed by atoms with Crippen molar-refractivity contribution in [2.45, 2.75) is 26.7 Å². The van der Waals surface area contributed by atoms with E-state index in [1.54, 1.807) is 0 Å². The third kappa shape index (κ3) is 3.42. The number of carbonyl (C=O) groups excluding carboxylic acids is 1. The molecule has 0 aromatic heterocycles. The Kier molecular flexibility index (Phi) is 3.95. The molecule has 0 saturated carbocycles. The molecule has 0 unspecified atom stereocenters.